The van der Waals surface area contributed by atoms with Crippen LogP contribution in [0.1, 0.15) is 19.8 Å². The van der Waals surface area contributed by atoms with E-state index < -0.39 is 0 Å². The Morgan fingerprint density at radius 3 is 2.71 bits per heavy atom. The highest BCUT2D eigenvalue weighted by Crippen LogP contribution is 2.09. The van der Waals surface area contributed by atoms with E-state index in [1.165, 1.54) is 0 Å². The van der Waals surface area contributed by atoms with Gasteiger partial charge in [0.2, 0.25) is 5.95 Å². The van der Waals surface area contributed by atoms with Crippen LogP contribution in [0.2, 0.25) is 0 Å². The van der Waals surface area contributed by atoms with Crippen molar-refractivity contribution in [1.29, 1.82) is 5.26 Å². The maximum atomic E-state index is 8.55. The lowest BCUT2D eigenvalue weighted by atomic mass is 10.2. The predicted octanol–water partition coefficient (Wildman–Crippen LogP) is 2.34. The van der Waals surface area contributed by atoms with Gasteiger partial charge in [-0.3, -0.25) is 0 Å². The van der Waals surface area contributed by atoms with Crippen molar-refractivity contribution in [1.82, 2.24) is 9.97 Å². The van der Waals surface area contributed by atoms with Crippen LogP contribution < -0.4 is 5.32 Å². The van der Waals surface area contributed by atoms with Crippen LogP contribution in [0.5, 0.6) is 0 Å². The zero-order valence-corrected chi connectivity index (χ0v) is 9.45. The Bertz CT molecular complexity index is 317. The molecule has 14 heavy (non-hydrogen) atoms. The minimum atomic E-state index is 0.126. The number of hydrogen-bond acceptors (Lipinski definition) is 4. The lowest BCUT2D eigenvalue weighted by molar-refractivity contribution is 0.702. The molecule has 0 spiro atoms. The molecule has 0 bridgehead atoms. The summed E-state index contributed by atoms with van der Waals surface area (Å²) >= 11 is 3.25. The molecule has 0 aliphatic carbocycles. The van der Waals surface area contributed by atoms with Gasteiger partial charge >= 0.3 is 0 Å². The monoisotopic (exact) mass is 254 g/mol. The lowest BCUT2D eigenvalue weighted by Gasteiger charge is -2.12. The molecule has 1 aromatic rings. The average molecular weight is 255 g/mol. The highest BCUT2D eigenvalue weighted by Gasteiger charge is 2.06. The largest absolute Gasteiger partial charge is 0.350 e. The standard InChI is InChI=1S/C9H11BrN4/c1-2-8(3-4-11)14-9-12-5-7(10)6-13-9/h5-6,8H,2-3H2,1H3,(H,12,13,14). The van der Waals surface area contributed by atoms with E-state index in [1.54, 1.807) is 12.4 Å². The minimum absolute atomic E-state index is 0.126. The summed E-state index contributed by atoms with van der Waals surface area (Å²) in [5.74, 6) is 0.565. The van der Waals surface area contributed by atoms with Gasteiger partial charge in [0.25, 0.3) is 0 Å². The number of halogens is 1. The summed E-state index contributed by atoms with van der Waals surface area (Å²) in [5, 5.41) is 11.6. The molecule has 0 aliphatic heterocycles. The maximum absolute atomic E-state index is 8.55. The molecule has 4 nitrogen and oxygen atoms in total. The molecule has 0 saturated heterocycles. The molecule has 1 heterocycles. The second kappa shape index (κ2) is 5.55. The quantitative estimate of drug-likeness (QED) is 0.896. The average Bonchev–Trinajstić information content (AvgIpc) is 2.20. The van der Waals surface area contributed by atoms with Crippen molar-refractivity contribution in [3.63, 3.8) is 0 Å². The summed E-state index contributed by atoms with van der Waals surface area (Å²) in [5.41, 5.74) is 0. The second-order valence-corrected chi connectivity index (χ2v) is 3.75. The number of hydrogen-bond donors (Lipinski definition) is 1. The van der Waals surface area contributed by atoms with Gasteiger partial charge in [0.15, 0.2) is 0 Å². The van der Waals surface area contributed by atoms with Gasteiger partial charge in [-0.15, -0.1) is 0 Å². The predicted molar refractivity (Wildman–Crippen MR) is 57.7 cm³/mol. The van der Waals surface area contributed by atoms with E-state index in [2.05, 4.69) is 37.3 Å². The van der Waals surface area contributed by atoms with Crippen LogP contribution in [0.3, 0.4) is 0 Å². The maximum Gasteiger partial charge on any atom is 0.222 e. The zero-order chi connectivity index (χ0) is 10.4. The topological polar surface area (TPSA) is 61.6 Å². The molecule has 74 valence electrons. The van der Waals surface area contributed by atoms with Gasteiger partial charge in [0.05, 0.1) is 17.0 Å². The fourth-order valence-electron chi connectivity index (χ4n) is 0.977. The molecule has 1 N–H and O–H groups in total. The van der Waals surface area contributed by atoms with Crippen molar-refractivity contribution in [2.75, 3.05) is 5.32 Å². The molecule has 1 aromatic heterocycles. The SMILES string of the molecule is CCC(CC#N)Nc1ncc(Br)cn1. The number of anilines is 1. The first-order valence-electron chi connectivity index (χ1n) is 4.37. The highest BCUT2D eigenvalue weighted by molar-refractivity contribution is 9.10. The van der Waals surface area contributed by atoms with Crippen molar-refractivity contribution in [2.24, 2.45) is 0 Å². The van der Waals surface area contributed by atoms with E-state index in [9.17, 15) is 0 Å². The zero-order valence-electron chi connectivity index (χ0n) is 7.87. The fourth-order valence-corrected chi connectivity index (χ4v) is 1.18. The van der Waals surface area contributed by atoms with Crippen molar-refractivity contribution < 1.29 is 0 Å². The molecular formula is C9H11BrN4. The van der Waals surface area contributed by atoms with Crippen LogP contribution in [0, 0.1) is 11.3 Å². The Morgan fingerprint density at radius 2 is 2.21 bits per heavy atom. The molecule has 5 heteroatoms. The minimum Gasteiger partial charge on any atom is -0.350 e. The van der Waals surface area contributed by atoms with Crippen LogP contribution in [-0.2, 0) is 0 Å². The molecule has 1 atom stereocenters. The van der Waals surface area contributed by atoms with Crippen molar-refractivity contribution in [2.45, 2.75) is 25.8 Å². The highest BCUT2D eigenvalue weighted by atomic mass is 79.9. The number of rotatable bonds is 4. The van der Waals surface area contributed by atoms with E-state index in [1.807, 2.05) is 6.92 Å². The van der Waals surface area contributed by atoms with Crippen LogP contribution in [0.4, 0.5) is 5.95 Å². The Hall–Kier alpha value is -1.15. The van der Waals surface area contributed by atoms with Gasteiger partial charge in [-0.1, -0.05) is 6.92 Å². The number of nitrogens with one attached hydrogen (secondary N) is 1. The molecule has 0 aromatic carbocycles. The molecule has 0 fully saturated rings. The fraction of sp³-hybridized carbons (Fsp3) is 0.444. The van der Waals surface area contributed by atoms with Gasteiger partial charge in [-0.25, -0.2) is 9.97 Å². The smallest absolute Gasteiger partial charge is 0.222 e. The lowest BCUT2D eigenvalue weighted by Crippen LogP contribution is -2.19. The summed E-state index contributed by atoms with van der Waals surface area (Å²) < 4.78 is 0.844. The number of aromatic nitrogens is 2. The summed E-state index contributed by atoms with van der Waals surface area (Å²) in [6, 6.07) is 2.25. The van der Waals surface area contributed by atoms with Gasteiger partial charge < -0.3 is 5.32 Å². The first-order chi connectivity index (χ1) is 6.76. The molecule has 1 rings (SSSR count). The van der Waals surface area contributed by atoms with Gasteiger partial charge in [0, 0.05) is 18.4 Å². The van der Waals surface area contributed by atoms with E-state index in [0.29, 0.717) is 12.4 Å². The van der Waals surface area contributed by atoms with Crippen molar-refractivity contribution in [3.8, 4) is 6.07 Å². The van der Waals surface area contributed by atoms with Crippen LogP contribution >= 0.6 is 15.9 Å². The van der Waals surface area contributed by atoms with E-state index in [0.717, 1.165) is 10.9 Å². The third-order valence-electron chi connectivity index (χ3n) is 1.78. The Balaban J connectivity index is 2.59. The van der Waals surface area contributed by atoms with Gasteiger partial charge in [-0.2, -0.15) is 5.26 Å². The van der Waals surface area contributed by atoms with Crippen LogP contribution in [0.25, 0.3) is 0 Å². The summed E-state index contributed by atoms with van der Waals surface area (Å²) in [6.45, 7) is 2.02. The summed E-state index contributed by atoms with van der Waals surface area (Å²) in [6.07, 6.45) is 4.70. The van der Waals surface area contributed by atoms with Crippen molar-refractivity contribution >= 4 is 21.9 Å². The molecule has 0 radical (unpaired) electrons. The van der Waals surface area contributed by atoms with Gasteiger partial charge in [0.1, 0.15) is 0 Å². The molecule has 0 amide bonds. The molecule has 1 unspecified atom stereocenters. The summed E-state index contributed by atoms with van der Waals surface area (Å²) in [4.78, 5) is 8.14. The third-order valence-corrected chi connectivity index (χ3v) is 2.19. The van der Waals surface area contributed by atoms with Crippen LogP contribution in [0.15, 0.2) is 16.9 Å². The third kappa shape index (κ3) is 3.30. The van der Waals surface area contributed by atoms with E-state index in [-0.39, 0.29) is 6.04 Å². The first kappa shape index (κ1) is 10.9. The Kier molecular flexibility index (Phi) is 4.33. The van der Waals surface area contributed by atoms with E-state index in [4.69, 9.17) is 5.26 Å². The van der Waals surface area contributed by atoms with E-state index >= 15 is 0 Å². The molecular weight excluding hydrogens is 244 g/mol. The van der Waals surface area contributed by atoms with Crippen molar-refractivity contribution in [3.05, 3.63) is 16.9 Å². The number of nitriles is 1. The van der Waals surface area contributed by atoms with Crippen LogP contribution in [-0.4, -0.2) is 16.0 Å². The van der Waals surface area contributed by atoms with Gasteiger partial charge in [-0.05, 0) is 22.4 Å². The normalized spacial score (nSPS) is 11.8. The Morgan fingerprint density at radius 1 is 1.57 bits per heavy atom. The molecule has 0 aliphatic rings. The Labute approximate surface area is 91.5 Å². The second-order valence-electron chi connectivity index (χ2n) is 2.84. The molecule has 0 saturated carbocycles. The first-order valence-corrected chi connectivity index (χ1v) is 5.16. The number of nitrogens with zero attached hydrogens (tertiary/aromatic N) is 3. The summed E-state index contributed by atoms with van der Waals surface area (Å²) in [7, 11) is 0.